The van der Waals surface area contributed by atoms with Gasteiger partial charge in [-0.15, -0.1) is 11.3 Å². The minimum Gasteiger partial charge on any atom is -0.296 e. The number of hydroxylamine groups is 1. The van der Waals surface area contributed by atoms with Crippen LogP contribution in [-0.2, 0) is 9.63 Å². The fourth-order valence-corrected chi connectivity index (χ4v) is 6.90. The number of carbonyl (C=O) groups is 1. The van der Waals surface area contributed by atoms with Crippen molar-refractivity contribution in [2.75, 3.05) is 18.2 Å². The highest BCUT2D eigenvalue weighted by molar-refractivity contribution is 7.10. The van der Waals surface area contributed by atoms with Gasteiger partial charge < -0.3 is 0 Å². The van der Waals surface area contributed by atoms with E-state index in [4.69, 9.17) is 4.84 Å². The normalized spacial score (nSPS) is 25.0. The average Bonchev–Trinajstić information content (AvgIpc) is 3.58. The van der Waals surface area contributed by atoms with E-state index in [1.54, 1.807) is 11.3 Å². The summed E-state index contributed by atoms with van der Waals surface area (Å²) < 4.78 is 0. The van der Waals surface area contributed by atoms with Gasteiger partial charge in [-0.3, -0.25) is 14.5 Å². The van der Waals surface area contributed by atoms with Crippen molar-refractivity contribution in [3.8, 4) is 0 Å². The smallest absolute Gasteiger partial charge is 0.176 e. The number of Topliss-reactive ketones (excluding diaryl/α,β-unsaturated/α-hetero) is 1. The van der Waals surface area contributed by atoms with E-state index in [0.29, 0.717) is 13.0 Å². The van der Waals surface area contributed by atoms with Crippen LogP contribution in [0.1, 0.15) is 52.9 Å². The van der Waals surface area contributed by atoms with E-state index in [0.717, 1.165) is 17.8 Å². The van der Waals surface area contributed by atoms with E-state index in [2.05, 4.69) is 96.9 Å². The molecule has 188 valence electrons. The molecule has 0 aliphatic carbocycles. The van der Waals surface area contributed by atoms with Gasteiger partial charge in [-0.05, 0) is 48.6 Å². The number of likely N-dealkylation sites (tertiary alicyclic amines) is 1. The van der Waals surface area contributed by atoms with Gasteiger partial charge in [0.05, 0.1) is 17.6 Å². The van der Waals surface area contributed by atoms with Gasteiger partial charge in [0, 0.05) is 30.4 Å². The van der Waals surface area contributed by atoms with Gasteiger partial charge in [-0.2, -0.15) is 0 Å². The third kappa shape index (κ3) is 4.31. The molecule has 2 saturated heterocycles. The fourth-order valence-electron chi connectivity index (χ4n) is 5.96. The molecule has 1 aromatic heterocycles. The Labute approximate surface area is 223 Å². The van der Waals surface area contributed by atoms with E-state index in [-0.39, 0.29) is 23.8 Å². The van der Waals surface area contributed by atoms with Crippen LogP contribution in [0.2, 0.25) is 0 Å². The quantitative estimate of drug-likeness (QED) is 0.288. The Kier molecular flexibility index (Phi) is 6.45. The first-order chi connectivity index (χ1) is 18.1. The van der Waals surface area contributed by atoms with Crippen molar-refractivity contribution >= 4 is 22.8 Å². The third-order valence-electron chi connectivity index (χ3n) is 7.98. The zero-order valence-corrected chi connectivity index (χ0v) is 22.1. The van der Waals surface area contributed by atoms with Crippen molar-refractivity contribution in [3.05, 3.63) is 124 Å². The summed E-state index contributed by atoms with van der Waals surface area (Å²) in [5.41, 5.74) is 3.62. The predicted molar refractivity (Wildman–Crippen MR) is 150 cm³/mol. The van der Waals surface area contributed by atoms with Crippen molar-refractivity contribution in [1.29, 1.82) is 0 Å². The van der Waals surface area contributed by atoms with Crippen molar-refractivity contribution in [3.63, 3.8) is 0 Å². The lowest BCUT2D eigenvalue weighted by Crippen LogP contribution is -2.57. The van der Waals surface area contributed by atoms with Gasteiger partial charge >= 0.3 is 0 Å². The maximum Gasteiger partial charge on any atom is 0.176 e. The number of aryl methyl sites for hydroxylation is 1. The number of ketones is 1. The van der Waals surface area contributed by atoms with E-state index in [9.17, 15) is 4.79 Å². The van der Waals surface area contributed by atoms with Crippen LogP contribution < -0.4 is 5.06 Å². The molecule has 0 amide bonds. The van der Waals surface area contributed by atoms with Gasteiger partial charge in [0.25, 0.3) is 0 Å². The molecule has 0 bridgehead atoms. The van der Waals surface area contributed by atoms with E-state index in [1.165, 1.54) is 16.0 Å². The number of nitrogens with zero attached hydrogens (tertiary/aromatic N) is 2. The maximum atomic E-state index is 14.1. The zero-order valence-electron chi connectivity index (χ0n) is 21.3. The number of anilines is 1. The van der Waals surface area contributed by atoms with Crippen LogP contribution >= 0.6 is 11.3 Å². The molecule has 4 atom stereocenters. The SMILES string of the molecule is Cc1ccc([C@@H]2[C@@H](c3cccs3)C3(CN(C(C)c4ccccc4)CCC3=O)ON2c2ccccc2)cc1. The van der Waals surface area contributed by atoms with Crippen LogP contribution in [0.5, 0.6) is 0 Å². The Hall–Kier alpha value is -3.25. The topological polar surface area (TPSA) is 32.8 Å². The Morgan fingerprint density at radius 2 is 1.62 bits per heavy atom. The highest BCUT2D eigenvalue weighted by Crippen LogP contribution is 2.56. The van der Waals surface area contributed by atoms with Gasteiger partial charge in [-0.25, -0.2) is 5.06 Å². The summed E-state index contributed by atoms with van der Waals surface area (Å²) in [5.74, 6) is 0.0617. The minimum atomic E-state index is -0.975. The minimum absolute atomic E-state index is 0.127. The second-order valence-electron chi connectivity index (χ2n) is 10.2. The maximum absolute atomic E-state index is 14.1. The molecule has 4 nitrogen and oxygen atoms in total. The lowest BCUT2D eigenvalue weighted by molar-refractivity contribution is -0.151. The number of hydrogen-bond acceptors (Lipinski definition) is 5. The molecular formula is C32H32N2O2S. The summed E-state index contributed by atoms with van der Waals surface area (Å²) in [4.78, 5) is 24.7. The van der Waals surface area contributed by atoms with Gasteiger partial charge in [-0.1, -0.05) is 84.4 Å². The number of thiophene rings is 1. The number of benzene rings is 3. The molecule has 5 heteroatoms. The predicted octanol–water partition coefficient (Wildman–Crippen LogP) is 7.11. The molecule has 6 rings (SSSR count). The molecule has 3 heterocycles. The van der Waals surface area contributed by atoms with Crippen LogP contribution in [0.25, 0.3) is 0 Å². The molecule has 4 aromatic rings. The summed E-state index contributed by atoms with van der Waals surface area (Å²) in [6, 6.07) is 33.8. The van der Waals surface area contributed by atoms with Gasteiger partial charge in [0.1, 0.15) is 0 Å². The number of piperidine rings is 1. The zero-order chi connectivity index (χ0) is 25.4. The van der Waals surface area contributed by atoms with E-state index in [1.807, 2.05) is 29.3 Å². The molecular weight excluding hydrogens is 476 g/mol. The molecule has 1 spiro atoms. The standard InChI is InChI=1S/C32H32N2O2S/c1-23-15-17-26(18-16-23)31-30(28-14-9-21-37-28)32(36-34(31)27-12-7-4-8-13-27)22-33(20-19-29(32)35)24(2)25-10-5-3-6-11-25/h3-18,21,24,30-31H,19-20,22H2,1-2H3/t24?,30-,31-,32?/m1/s1. The Balaban J connectivity index is 1.49. The number of rotatable bonds is 5. The molecule has 2 fully saturated rings. The first-order valence-electron chi connectivity index (χ1n) is 13.0. The Morgan fingerprint density at radius 1 is 0.919 bits per heavy atom. The number of carbonyl (C=O) groups excluding carboxylic acids is 1. The molecule has 3 aromatic carbocycles. The second kappa shape index (κ2) is 9.90. The highest BCUT2D eigenvalue weighted by atomic mass is 32.1. The van der Waals surface area contributed by atoms with Crippen molar-refractivity contribution in [1.82, 2.24) is 4.90 Å². The second-order valence-corrected chi connectivity index (χ2v) is 11.2. The van der Waals surface area contributed by atoms with Crippen LogP contribution in [0.4, 0.5) is 5.69 Å². The Bertz CT molecular complexity index is 1340. The monoisotopic (exact) mass is 508 g/mol. The first kappa shape index (κ1) is 24.1. The molecule has 2 aliphatic heterocycles. The van der Waals surface area contributed by atoms with Crippen LogP contribution in [0.3, 0.4) is 0 Å². The van der Waals surface area contributed by atoms with Gasteiger partial charge in [0.15, 0.2) is 11.4 Å². The Morgan fingerprint density at radius 3 is 2.30 bits per heavy atom. The van der Waals surface area contributed by atoms with Gasteiger partial charge in [0.2, 0.25) is 0 Å². The summed E-state index contributed by atoms with van der Waals surface area (Å²) in [6.07, 6.45) is 0.475. The molecule has 0 radical (unpaired) electrons. The molecule has 0 saturated carbocycles. The first-order valence-corrected chi connectivity index (χ1v) is 13.9. The third-order valence-corrected chi connectivity index (χ3v) is 8.93. The lowest BCUT2D eigenvalue weighted by atomic mass is 9.74. The van der Waals surface area contributed by atoms with E-state index >= 15 is 0 Å². The molecule has 37 heavy (non-hydrogen) atoms. The average molecular weight is 509 g/mol. The number of hydrogen-bond donors (Lipinski definition) is 0. The van der Waals surface area contributed by atoms with Crippen LogP contribution in [0, 0.1) is 6.92 Å². The van der Waals surface area contributed by atoms with Crippen molar-refractivity contribution in [2.45, 2.75) is 43.9 Å². The summed E-state index contributed by atoms with van der Waals surface area (Å²) in [5, 5.41) is 4.13. The molecule has 2 unspecified atom stereocenters. The molecule has 2 aliphatic rings. The van der Waals surface area contributed by atoms with Crippen LogP contribution in [-0.4, -0.2) is 29.4 Å². The molecule has 0 N–H and O–H groups in total. The summed E-state index contributed by atoms with van der Waals surface area (Å²) in [6.45, 7) is 5.63. The van der Waals surface area contributed by atoms with E-state index < -0.39 is 5.60 Å². The summed E-state index contributed by atoms with van der Waals surface area (Å²) >= 11 is 1.72. The lowest BCUT2D eigenvalue weighted by Gasteiger charge is -2.43. The highest BCUT2D eigenvalue weighted by Gasteiger charge is 2.62. The van der Waals surface area contributed by atoms with Crippen molar-refractivity contribution in [2.24, 2.45) is 0 Å². The van der Waals surface area contributed by atoms with Crippen molar-refractivity contribution < 1.29 is 9.63 Å². The summed E-state index contributed by atoms with van der Waals surface area (Å²) in [7, 11) is 0. The number of para-hydroxylation sites is 1. The largest absolute Gasteiger partial charge is 0.296 e. The fraction of sp³-hybridized carbons (Fsp3) is 0.281. The van der Waals surface area contributed by atoms with Crippen LogP contribution in [0.15, 0.2) is 102 Å².